The fourth-order valence-electron chi connectivity index (χ4n) is 2.28. The third-order valence-corrected chi connectivity index (χ3v) is 3.75. The first-order valence-corrected chi connectivity index (χ1v) is 6.52. The molecule has 96 valence electrons. The Kier molecular flexibility index (Phi) is 3.04. The van der Waals surface area contributed by atoms with Crippen molar-refractivity contribution in [3.8, 4) is 0 Å². The van der Waals surface area contributed by atoms with Gasteiger partial charge in [-0.05, 0) is 15.9 Å². The Morgan fingerprint density at radius 2 is 2.22 bits per heavy atom. The maximum atomic E-state index is 12.3. The number of ether oxygens (including phenoxy) is 2. The first kappa shape index (κ1) is 12.0. The van der Waals surface area contributed by atoms with Gasteiger partial charge in [-0.3, -0.25) is 4.79 Å². The SMILES string of the molecule is O=C(c1ncncc1Br)N1CCC2(C1)OCCO2. The minimum Gasteiger partial charge on any atom is -0.346 e. The molecule has 0 unspecified atom stereocenters. The van der Waals surface area contributed by atoms with E-state index < -0.39 is 5.79 Å². The molecule has 1 amide bonds. The lowest BCUT2D eigenvalue weighted by Gasteiger charge is -2.22. The molecule has 7 heteroatoms. The number of aromatic nitrogens is 2. The van der Waals surface area contributed by atoms with E-state index in [0.717, 1.165) is 0 Å². The van der Waals surface area contributed by atoms with Crippen LogP contribution in [0.5, 0.6) is 0 Å². The minimum absolute atomic E-state index is 0.125. The van der Waals surface area contributed by atoms with E-state index in [1.165, 1.54) is 6.33 Å². The molecule has 1 aromatic rings. The van der Waals surface area contributed by atoms with Gasteiger partial charge in [-0.1, -0.05) is 0 Å². The highest BCUT2D eigenvalue weighted by atomic mass is 79.9. The Bertz CT molecular complexity index is 476. The molecule has 0 aromatic carbocycles. The average Bonchev–Trinajstić information content (AvgIpc) is 3.00. The van der Waals surface area contributed by atoms with Gasteiger partial charge in [0.25, 0.3) is 5.91 Å². The summed E-state index contributed by atoms with van der Waals surface area (Å²) >= 11 is 3.28. The van der Waals surface area contributed by atoms with E-state index in [1.807, 2.05) is 0 Å². The van der Waals surface area contributed by atoms with Gasteiger partial charge in [-0.2, -0.15) is 0 Å². The molecule has 0 N–H and O–H groups in total. The third-order valence-electron chi connectivity index (χ3n) is 3.17. The first-order valence-electron chi connectivity index (χ1n) is 5.73. The molecule has 6 nitrogen and oxygen atoms in total. The van der Waals surface area contributed by atoms with E-state index in [-0.39, 0.29) is 5.91 Å². The quantitative estimate of drug-likeness (QED) is 0.768. The predicted molar refractivity (Wildman–Crippen MR) is 64.9 cm³/mol. The maximum absolute atomic E-state index is 12.3. The van der Waals surface area contributed by atoms with Crippen LogP contribution < -0.4 is 0 Å². The van der Waals surface area contributed by atoms with Crippen LogP contribution in [0.4, 0.5) is 0 Å². The zero-order valence-corrected chi connectivity index (χ0v) is 11.2. The van der Waals surface area contributed by atoms with Gasteiger partial charge < -0.3 is 14.4 Å². The van der Waals surface area contributed by atoms with Crippen LogP contribution in [-0.4, -0.2) is 52.9 Å². The summed E-state index contributed by atoms with van der Waals surface area (Å²) in [6, 6.07) is 0. The summed E-state index contributed by atoms with van der Waals surface area (Å²) in [6.07, 6.45) is 3.64. The van der Waals surface area contributed by atoms with Gasteiger partial charge in [0.05, 0.1) is 24.2 Å². The second-order valence-electron chi connectivity index (χ2n) is 4.30. The van der Waals surface area contributed by atoms with Crippen molar-refractivity contribution >= 4 is 21.8 Å². The second-order valence-corrected chi connectivity index (χ2v) is 5.16. The van der Waals surface area contributed by atoms with Gasteiger partial charge in [0.2, 0.25) is 0 Å². The van der Waals surface area contributed by atoms with Gasteiger partial charge in [0.1, 0.15) is 12.0 Å². The van der Waals surface area contributed by atoms with Crippen molar-refractivity contribution in [2.24, 2.45) is 0 Å². The molecule has 0 bridgehead atoms. The number of carbonyl (C=O) groups excluding carboxylic acids is 1. The Morgan fingerprint density at radius 3 is 2.94 bits per heavy atom. The van der Waals surface area contributed by atoms with Gasteiger partial charge in [0, 0.05) is 19.2 Å². The topological polar surface area (TPSA) is 64.6 Å². The molecule has 18 heavy (non-hydrogen) atoms. The van der Waals surface area contributed by atoms with E-state index in [9.17, 15) is 4.79 Å². The molecule has 0 aliphatic carbocycles. The number of nitrogens with zero attached hydrogens (tertiary/aromatic N) is 3. The van der Waals surface area contributed by atoms with Crippen LogP contribution in [0.15, 0.2) is 17.0 Å². The van der Waals surface area contributed by atoms with Gasteiger partial charge in [-0.15, -0.1) is 0 Å². The fraction of sp³-hybridized carbons (Fsp3) is 0.545. The van der Waals surface area contributed by atoms with Crippen molar-refractivity contribution in [1.29, 1.82) is 0 Å². The molecule has 2 saturated heterocycles. The highest BCUT2D eigenvalue weighted by Gasteiger charge is 2.45. The number of likely N-dealkylation sites (tertiary alicyclic amines) is 1. The number of halogens is 1. The Labute approximate surface area is 112 Å². The van der Waals surface area contributed by atoms with Crippen LogP contribution in [0.1, 0.15) is 16.9 Å². The van der Waals surface area contributed by atoms with E-state index in [4.69, 9.17) is 9.47 Å². The number of hydrogen-bond acceptors (Lipinski definition) is 5. The van der Waals surface area contributed by atoms with Gasteiger partial charge in [0.15, 0.2) is 5.79 Å². The van der Waals surface area contributed by atoms with Crippen molar-refractivity contribution in [2.75, 3.05) is 26.3 Å². The summed E-state index contributed by atoms with van der Waals surface area (Å²) in [5.41, 5.74) is 0.375. The number of hydrogen-bond donors (Lipinski definition) is 0. The molecule has 0 saturated carbocycles. The maximum Gasteiger partial charge on any atom is 0.273 e. The molecular weight excluding hydrogens is 302 g/mol. The average molecular weight is 314 g/mol. The summed E-state index contributed by atoms with van der Waals surface area (Å²) in [5.74, 6) is -0.713. The zero-order chi connectivity index (χ0) is 12.6. The van der Waals surface area contributed by atoms with Crippen molar-refractivity contribution in [3.63, 3.8) is 0 Å². The van der Waals surface area contributed by atoms with Gasteiger partial charge in [-0.25, -0.2) is 9.97 Å². The van der Waals surface area contributed by atoms with E-state index in [2.05, 4.69) is 25.9 Å². The summed E-state index contributed by atoms with van der Waals surface area (Å²) in [7, 11) is 0. The van der Waals surface area contributed by atoms with Crippen molar-refractivity contribution in [2.45, 2.75) is 12.2 Å². The van der Waals surface area contributed by atoms with Gasteiger partial charge >= 0.3 is 0 Å². The second kappa shape index (κ2) is 4.56. The third kappa shape index (κ3) is 2.02. The van der Waals surface area contributed by atoms with Crippen LogP contribution in [0.2, 0.25) is 0 Å². The zero-order valence-electron chi connectivity index (χ0n) is 9.63. The van der Waals surface area contributed by atoms with Crippen molar-refractivity contribution < 1.29 is 14.3 Å². The minimum atomic E-state index is -0.588. The fourth-order valence-corrected chi connectivity index (χ4v) is 2.67. The largest absolute Gasteiger partial charge is 0.346 e. The molecule has 1 aromatic heterocycles. The monoisotopic (exact) mass is 313 g/mol. The summed E-state index contributed by atoms with van der Waals surface area (Å²) in [5, 5.41) is 0. The van der Waals surface area contributed by atoms with Crippen molar-refractivity contribution in [3.05, 3.63) is 22.7 Å². The molecule has 1 spiro atoms. The molecule has 2 aliphatic rings. The van der Waals surface area contributed by atoms with E-state index >= 15 is 0 Å². The molecule has 2 aliphatic heterocycles. The van der Waals surface area contributed by atoms with Crippen LogP contribution in [0.25, 0.3) is 0 Å². The molecular formula is C11H12BrN3O3. The predicted octanol–water partition coefficient (Wildman–Crippen LogP) is 0.828. The Hall–Kier alpha value is -1.05. The number of carbonyl (C=O) groups is 1. The van der Waals surface area contributed by atoms with E-state index in [0.29, 0.717) is 42.9 Å². The van der Waals surface area contributed by atoms with Crippen LogP contribution in [0.3, 0.4) is 0 Å². The first-order chi connectivity index (χ1) is 8.70. The molecule has 3 heterocycles. The summed E-state index contributed by atoms with van der Waals surface area (Å²) in [6.45, 7) is 2.27. The lowest BCUT2D eigenvalue weighted by Crippen LogP contribution is -2.37. The molecule has 0 atom stereocenters. The number of amides is 1. The normalized spacial score (nSPS) is 21.7. The number of rotatable bonds is 1. The van der Waals surface area contributed by atoms with Crippen LogP contribution in [0, 0.1) is 0 Å². The highest BCUT2D eigenvalue weighted by Crippen LogP contribution is 2.31. The summed E-state index contributed by atoms with van der Waals surface area (Å²) in [4.78, 5) is 21.9. The van der Waals surface area contributed by atoms with Crippen LogP contribution in [-0.2, 0) is 9.47 Å². The van der Waals surface area contributed by atoms with Crippen LogP contribution >= 0.6 is 15.9 Å². The Balaban J connectivity index is 1.77. The Morgan fingerprint density at radius 1 is 1.44 bits per heavy atom. The summed E-state index contributed by atoms with van der Waals surface area (Å²) < 4.78 is 11.8. The standard InChI is InChI=1S/C11H12BrN3O3/c12-8-5-13-7-14-9(8)10(16)15-2-1-11(6-15)17-3-4-18-11/h5,7H,1-4,6H2. The highest BCUT2D eigenvalue weighted by molar-refractivity contribution is 9.10. The lowest BCUT2D eigenvalue weighted by atomic mass is 10.2. The molecule has 0 radical (unpaired) electrons. The molecule has 3 rings (SSSR count). The van der Waals surface area contributed by atoms with Crippen molar-refractivity contribution in [1.82, 2.24) is 14.9 Å². The van der Waals surface area contributed by atoms with E-state index in [1.54, 1.807) is 11.1 Å². The smallest absolute Gasteiger partial charge is 0.273 e. The molecule has 2 fully saturated rings. The lowest BCUT2D eigenvalue weighted by molar-refractivity contribution is -0.143.